The molecule has 1 aromatic heterocycles. The van der Waals surface area contributed by atoms with Gasteiger partial charge in [0.2, 0.25) is 5.91 Å². The topological polar surface area (TPSA) is 59.8 Å². The van der Waals surface area contributed by atoms with Gasteiger partial charge in [0.15, 0.2) is 5.82 Å². The van der Waals surface area contributed by atoms with Crippen LogP contribution in [-0.2, 0) is 11.2 Å². The second kappa shape index (κ2) is 5.80. The lowest BCUT2D eigenvalue weighted by atomic mass is 9.95. The average Bonchev–Trinajstić information content (AvgIpc) is 3.35. The number of carbonyl (C=O) groups excluding carboxylic acids is 1. The molecule has 0 unspecified atom stereocenters. The Morgan fingerprint density at radius 2 is 1.96 bits per heavy atom. The third-order valence-electron chi connectivity index (χ3n) is 5.18. The smallest absolute Gasteiger partial charge is 0.232 e. The Kier molecular flexibility index (Phi) is 3.42. The number of fused-ring (bicyclic) bond motifs is 1. The van der Waals surface area contributed by atoms with Crippen LogP contribution >= 0.6 is 0 Å². The van der Waals surface area contributed by atoms with Crippen molar-refractivity contribution in [1.29, 1.82) is 0 Å². The zero-order valence-corrected chi connectivity index (χ0v) is 14.6. The van der Waals surface area contributed by atoms with Gasteiger partial charge >= 0.3 is 0 Å². The summed E-state index contributed by atoms with van der Waals surface area (Å²) in [6, 6.07) is 16.2. The fraction of sp³-hybridized carbons (Fsp3) is 0.286. The van der Waals surface area contributed by atoms with Crippen molar-refractivity contribution in [3.63, 3.8) is 0 Å². The summed E-state index contributed by atoms with van der Waals surface area (Å²) in [5.74, 6) is 2.06. The second-order valence-electron chi connectivity index (χ2n) is 7.24. The minimum absolute atomic E-state index is 0.0428. The summed E-state index contributed by atoms with van der Waals surface area (Å²) in [7, 11) is 0. The van der Waals surface area contributed by atoms with Crippen LogP contribution in [0.4, 0.5) is 5.69 Å². The zero-order valence-electron chi connectivity index (χ0n) is 14.6. The summed E-state index contributed by atoms with van der Waals surface area (Å²) in [4.78, 5) is 17.4. The highest BCUT2D eigenvalue weighted by Gasteiger charge is 2.34. The summed E-state index contributed by atoms with van der Waals surface area (Å²) in [6.45, 7) is 2.05. The first-order valence-electron chi connectivity index (χ1n) is 9.12. The van der Waals surface area contributed by atoms with Gasteiger partial charge in [-0.15, -0.1) is 0 Å². The summed E-state index contributed by atoms with van der Waals surface area (Å²) >= 11 is 0. The van der Waals surface area contributed by atoms with Gasteiger partial charge in [0.25, 0.3) is 0 Å². The molecule has 1 aliphatic heterocycles. The van der Waals surface area contributed by atoms with Crippen LogP contribution < -0.4 is 5.32 Å². The molecule has 0 radical (unpaired) electrons. The van der Waals surface area contributed by atoms with Crippen LogP contribution in [-0.4, -0.2) is 20.7 Å². The average molecular weight is 344 g/mol. The monoisotopic (exact) mass is 344 g/mol. The Labute approximate surface area is 152 Å². The molecular weight excluding hydrogens is 324 g/mol. The molecule has 2 heterocycles. The van der Waals surface area contributed by atoms with Crippen molar-refractivity contribution < 1.29 is 4.79 Å². The Morgan fingerprint density at radius 1 is 1.15 bits per heavy atom. The molecule has 5 nitrogen and oxygen atoms in total. The minimum Gasteiger partial charge on any atom is -0.325 e. The number of aromatic nitrogens is 3. The molecule has 1 aliphatic carbocycles. The van der Waals surface area contributed by atoms with E-state index < -0.39 is 0 Å². The van der Waals surface area contributed by atoms with Gasteiger partial charge < -0.3 is 5.32 Å². The van der Waals surface area contributed by atoms with Crippen molar-refractivity contribution >= 4 is 11.6 Å². The Balaban J connectivity index is 1.55. The van der Waals surface area contributed by atoms with E-state index in [4.69, 9.17) is 10.1 Å². The third-order valence-corrected chi connectivity index (χ3v) is 5.18. The number of aryl methyl sites for hydroxylation is 1. The van der Waals surface area contributed by atoms with E-state index in [0.717, 1.165) is 47.0 Å². The molecule has 3 aromatic rings. The van der Waals surface area contributed by atoms with Gasteiger partial charge in [-0.1, -0.05) is 35.9 Å². The molecular formula is C21H20N4O. The Hall–Kier alpha value is -2.95. The molecule has 0 saturated heterocycles. The van der Waals surface area contributed by atoms with Crippen molar-refractivity contribution in [3.8, 4) is 5.69 Å². The van der Waals surface area contributed by atoms with E-state index in [2.05, 4.69) is 18.3 Å². The molecule has 1 atom stereocenters. The summed E-state index contributed by atoms with van der Waals surface area (Å²) in [6.07, 6.45) is 2.87. The van der Waals surface area contributed by atoms with Gasteiger partial charge in [-0.3, -0.25) is 4.79 Å². The van der Waals surface area contributed by atoms with Crippen molar-refractivity contribution in [2.45, 2.75) is 38.0 Å². The number of carbonyl (C=O) groups is 1. The van der Waals surface area contributed by atoms with Gasteiger partial charge in [0, 0.05) is 18.0 Å². The molecule has 1 saturated carbocycles. The SMILES string of the molecule is Cc1ccc2c(c1)[C@H](Cc1nc(C3CC3)nn1-c1ccccc1)C(=O)N2. The van der Waals surface area contributed by atoms with Crippen LogP contribution in [0.2, 0.25) is 0 Å². The van der Waals surface area contributed by atoms with E-state index in [1.165, 1.54) is 0 Å². The fourth-order valence-electron chi connectivity index (χ4n) is 3.62. The van der Waals surface area contributed by atoms with Gasteiger partial charge in [-0.2, -0.15) is 5.10 Å². The quantitative estimate of drug-likeness (QED) is 0.784. The van der Waals surface area contributed by atoms with E-state index in [-0.39, 0.29) is 11.8 Å². The highest BCUT2D eigenvalue weighted by atomic mass is 16.2. The van der Waals surface area contributed by atoms with Gasteiger partial charge in [0.1, 0.15) is 5.82 Å². The number of benzene rings is 2. The van der Waals surface area contributed by atoms with Crippen molar-refractivity contribution in [1.82, 2.24) is 14.8 Å². The molecule has 0 spiro atoms. The maximum absolute atomic E-state index is 12.6. The zero-order chi connectivity index (χ0) is 17.7. The molecule has 1 N–H and O–H groups in total. The first-order chi connectivity index (χ1) is 12.7. The first kappa shape index (κ1) is 15.3. The summed E-state index contributed by atoms with van der Waals surface area (Å²) in [5, 5.41) is 7.76. The molecule has 2 aliphatic rings. The first-order valence-corrected chi connectivity index (χ1v) is 9.12. The molecule has 26 heavy (non-hydrogen) atoms. The molecule has 2 aromatic carbocycles. The van der Waals surface area contributed by atoms with E-state index in [0.29, 0.717) is 12.3 Å². The Morgan fingerprint density at radius 3 is 2.73 bits per heavy atom. The van der Waals surface area contributed by atoms with E-state index >= 15 is 0 Å². The third kappa shape index (κ3) is 2.60. The largest absolute Gasteiger partial charge is 0.325 e. The van der Waals surface area contributed by atoms with E-state index in [9.17, 15) is 4.79 Å². The maximum Gasteiger partial charge on any atom is 0.232 e. The predicted molar refractivity (Wildman–Crippen MR) is 99.6 cm³/mol. The highest BCUT2D eigenvalue weighted by Crippen LogP contribution is 2.39. The van der Waals surface area contributed by atoms with Crippen LogP contribution in [0.1, 0.15) is 47.5 Å². The second-order valence-corrected chi connectivity index (χ2v) is 7.24. The van der Waals surface area contributed by atoms with Crippen molar-refractivity contribution in [3.05, 3.63) is 71.3 Å². The van der Waals surface area contributed by atoms with Crippen LogP contribution in [0.3, 0.4) is 0 Å². The number of rotatable bonds is 4. The number of para-hydroxylation sites is 1. The number of hydrogen-bond acceptors (Lipinski definition) is 3. The van der Waals surface area contributed by atoms with Crippen molar-refractivity contribution in [2.24, 2.45) is 0 Å². The number of nitrogens with zero attached hydrogens (tertiary/aromatic N) is 3. The minimum atomic E-state index is -0.219. The standard InChI is InChI=1S/C21H20N4O/c1-13-7-10-18-16(11-13)17(21(26)22-18)12-19-23-20(14-8-9-14)24-25(19)15-5-3-2-4-6-15/h2-7,10-11,14,17H,8-9,12H2,1H3,(H,22,26)/t17-/m0/s1. The van der Waals surface area contributed by atoms with Crippen LogP contribution in [0, 0.1) is 6.92 Å². The summed E-state index contributed by atoms with van der Waals surface area (Å²) < 4.78 is 1.91. The molecule has 1 fully saturated rings. The van der Waals surface area contributed by atoms with E-state index in [1.54, 1.807) is 0 Å². The number of hydrogen-bond donors (Lipinski definition) is 1. The maximum atomic E-state index is 12.6. The Bertz CT molecular complexity index is 989. The molecule has 1 amide bonds. The lowest BCUT2D eigenvalue weighted by Gasteiger charge is -2.10. The molecule has 5 rings (SSSR count). The summed E-state index contributed by atoms with van der Waals surface area (Å²) in [5.41, 5.74) is 4.13. The van der Waals surface area contributed by atoms with Crippen molar-refractivity contribution in [2.75, 3.05) is 5.32 Å². The van der Waals surface area contributed by atoms with Gasteiger partial charge in [-0.25, -0.2) is 9.67 Å². The van der Waals surface area contributed by atoms with Crippen LogP contribution in [0.5, 0.6) is 0 Å². The molecule has 130 valence electrons. The van der Waals surface area contributed by atoms with Crippen LogP contribution in [0.15, 0.2) is 48.5 Å². The molecule has 5 heteroatoms. The van der Waals surface area contributed by atoms with Gasteiger partial charge in [-0.05, 0) is 43.5 Å². The lowest BCUT2D eigenvalue weighted by molar-refractivity contribution is -0.117. The van der Waals surface area contributed by atoms with Gasteiger partial charge in [0.05, 0.1) is 11.6 Å². The number of anilines is 1. The highest BCUT2D eigenvalue weighted by molar-refractivity contribution is 6.03. The normalized spacial score (nSPS) is 18.7. The molecule has 0 bridgehead atoms. The number of amides is 1. The fourth-order valence-corrected chi connectivity index (χ4v) is 3.62. The van der Waals surface area contributed by atoms with E-state index in [1.807, 2.05) is 47.1 Å². The number of nitrogens with one attached hydrogen (secondary N) is 1. The van der Waals surface area contributed by atoms with Crippen LogP contribution in [0.25, 0.3) is 5.69 Å². The lowest BCUT2D eigenvalue weighted by Crippen LogP contribution is -2.16. The predicted octanol–water partition coefficient (Wildman–Crippen LogP) is 3.73.